The predicted molar refractivity (Wildman–Crippen MR) is 78.7 cm³/mol. The fourth-order valence-corrected chi connectivity index (χ4v) is 3.39. The van der Waals surface area contributed by atoms with Crippen molar-refractivity contribution in [3.8, 4) is 0 Å². The first-order valence-electron chi connectivity index (χ1n) is 7.20. The van der Waals surface area contributed by atoms with Crippen LogP contribution in [0.3, 0.4) is 0 Å². The monoisotopic (exact) mass is 245 g/mol. The lowest BCUT2D eigenvalue weighted by Crippen LogP contribution is -2.33. The minimum Gasteiger partial charge on any atom is -0.307 e. The van der Waals surface area contributed by atoms with Crippen LogP contribution in [0.4, 0.5) is 0 Å². The van der Waals surface area contributed by atoms with E-state index in [2.05, 4.69) is 64.2 Å². The number of nitrogens with one attached hydrogen (secondary N) is 1. The van der Waals surface area contributed by atoms with Gasteiger partial charge in [-0.3, -0.25) is 0 Å². The van der Waals surface area contributed by atoms with Gasteiger partial charge in [-0.2, -0.15) is 0 Å². The van der Waals surface area contributed by atoms with Crippen LogP contribution in [0.25, 0.3) is 0 Å². The molecule has 0 saturated heterocycles. The van der Waals surface area contributed by atoms with Gasteiger partial charge in [0.15, 0.2) is 0 Å². The molecule has 2 rings (SSSR count). The molecule has 1 heteroatoms. The number of hydrogen-bond acceptors (Lipinski definition) is 1. The van der Waals surface area contributed by atoms with Gasteiger partial charge in [0.1, 0.15) is 0 Å². The molecule has 0 aromatic heterocycles. The summed E-state index contributed by atoms with van der Waals surface area (Å²) >= 11 is 0. The Labute approximate surface area is 112 Å². The number of benzene rings is 1. The summed E-state index contributed by atoms with van der Waals surface area (Å²) in [7, 11) is 0. The van der Waals surface area contributed by atoms with E-state index in [0.717, 1.165) is 5.92 Å². The van der Waals surface area contributed by atoms with Gasteiger partial charge in [-0.15, -0.1) is 0 Å². The van der Waals surface area contributed by atoms with Crippen molar-refractivity contribution in [1.82, 2.24) is 5.32 Å². The van der Waals surface area contributed by atoms with E-state index < -0.39 is 0 Å². The number of rotatable bonds is 3. The Morgan fingerprint density at radius 1 is 1.17 bits per heavy atom. The van der Waals surface area contributed by atoms with Crippen LogP contribution < -0.4 is 5.32 Å². The Kier molecular flexibility index (Phi) is 3.82. The minimum atomic E-state index is 0.451. The first-order chi connectivity index (χ1) is 8.37. The van der Waals surface area contributed by atoms with Gasteiger partial charge >= 0.3 is 0 Å². The highest BCUT2D eigenvalue weighted by Crippen LogP contribution is 2.41. The molecule has 1 aliphatic rings. The average Bonchev–Trinajstić information content (AvgIpc) is 2.52. The molecule has 2 unspecified atom stereocenters. The summed E-state index contributed by atoms with van der Waals surface area (Å²) in [5, 5.41) is 3.82. The second-order valence-electron chi connectivity index (χ2n) is 6.96. The standard InChI is InChI=1S/C17H27N/c1-12-6-8-15(9-7-12)14(3)18-16-11-17(4,5)10-13(16)2/h6-9,13-14,16,18H,10-11H2,1-5H3/t13?,14-,16?/m1/s1. The van der Waals surface area contributed by atoms with E-state index in [0.29, 0.717) is 17.5 Å². The predicted octanol–water partition coefficient (Wildman–Crippen LogP) is 4.47. The van der Waals surface area contributed by atoms with Crippen molar-refractivity contribution in [1.29, 1.82) is 0 Å². The van der Waals surface area contributed by atoms with Crippen LogP contribution in [0.5, 0.6) is 0 Å². The first kappa shape index (κ1) is 13.6. The maximum absolute atomic E-state index is 3.82. The largest absolute Gasteiger partial charge is 0.307 e. The molecule has 1 aromatic carbocycles. The second-order valence-corrected chi connectivity index (χ2v) is 6.96. The smallest absolute Gasteiger partial charge is 0.0294 e. The molecule has 0 aliphatic heterocycles. The summed E-state index contributed by atoms with van der Waals surface area (Å²) in [6, 6.07) is 10.0. The zero-order valence-electron chi connectivity index (χ0n) is 12.5. The first-order valence-corrected chi connectivity index (χ1v) is 7.20. The Balaban J connectivity index is 1.99. The fraction of sp³-hybridized carbons (Fsp3) is 0.647. The molecule has 0 radical (unpaired) electrons. The zero-order chi connectivity index (χ0) is 13.3. The van der Waals surface area contributed by atoms with Gasteiger partial charge in [0.2, 0.25) is 0 Å². The summed E-state index contributed by atoms with van der Waals surface area (Å²) in [5.74, 6) is 0.785. The maximum Gasteiger partial charge on any atom is 0.0294 e. The van der Waals surface area contributed by atoms with Crippen molar-refractivity contribution < 1.29 is 0 Å². The highest BCUT2D eigenvalue weighted by atomic mass is 15.0. The van der Waals surface area contributed by atoms with Crippen molar-refractivity contribution >= 4 is 0 Å². The minimum absolute atomic E-state index is 0.451. The quantitative estimate of drug-likeness (QED) is 0.828. The molecule has 1 N–H and O–H groups in total. The van der Waals surface area contributed by atoms with E-state index in [4.69, 9.17) is 0 Å². The lowest BCUT2D eigenvalue weighted by Gasteiger charge is -2.24. The molecule has 1 aromatic rings. The van der Waals surface area contributed by atoms with Gasteiger partial charge in [0, 0.05) is 12.1 Å². The van der Waals surface area contributed by atoms with Crippen LogP contribution in [0, 0.1) is 18.3 Å². The van der Waals surface area contributed by atoms with Gasteiger partial charge < -0.3 is 5.32 Å². The lowest BCUT2D eigenvalue weighted by atomic mass is 9.91. The third kappa shape index (κ3) is 3.14. The molecular weight excluding hydrogens is 218 g/mol. The molecule has 0 amide bonds. The Hall–Kier alpha value is -0.820. The Morgan fingerprint density at radius 2 is 1.78 bits per heavy atom. The van der Waals surface area contributed by atoms with Gasteiger partial charge in [-0.1, -0.05) is 50.6 Å². The molecule has 1 nitrogen and oxygen atoms in total. The van der Waals surface area contributed by atoms with Crippen LogP contribution >= 0.6 is 0 Å². The topological polar surface area (TPSA) is 12.0 Å². The van der Waals surface area contributed by atoms with Crippen molar-refractivity contribution in [2.24, 2.45) is 11.3 Å². The van der Waals surface area contributed by atoms with Gasteiger partial charge in [-0.25, -0.2) is 0 Å². The zero-order valence-corrected chi connectivity index (χ0v) is 12.5. The van der Waals surface area contributed by atoms with Crippen LogP contribution in [0.2, 0.25) is 0 Å². The van der Waals surface area contributed by atoms with E-state index in [1.54, 1.807) is 0 Å². The van der Waals surface area contributed by atoms with E-state index in [-0.39, 0.29) is 0 Å². The Morgan fingerprint density at radius 3 is 2.28 bits per heavy atom. The molecule has 0 bridgehead atoms. The number of aryl methyl sites for hydroxylation is 1. The van der Waals surface area contributed by atoms with E-state index in [9.17, 15) is 0 Å². The molecule has 100 valence electrons. The third-order valence-corrected chi connectivity index (χ3v) is 4.38. The highest BCUT2D eigenvalue weighted by molar-refractivity contribution is 5.23. The number of hydrogen-bond donors (Lipinski definition) is 1. The molecule has 0 heterocycles. The van der Waals surface area contributed by atoms with Gasteiger partial charge in [-0.05, 0) is 43.6 Å². The van der Waals surface area contributed by atoms with E-state index in [1.807, 2.05) is 0 Å². The lowest BCUT2D eigenvalue weighted by molar-refractivity contribution is 0.356. The van der Waals surface area contributed by atoms with Crippen molar-refractivity contribution in [3.63, 3.8) is 0 Å². The second kappa shape index (κ2) is 5.05. The SMILES string of the molecule is Cc1ccc([C@@H](C)NC2CC(C)(C)CC2C)cc1. The molecule has 1 fully saturated rings. The molecule has 0 spiro atoms. The summed E-state index contributed by atoms with van der Waals surface area (Å²) < 4.78 is 0. The summed E-state index contributed by atoms with van der Waals surface area (Å²) in [4.78, 5) is 0. The fourth-order valence-electron chi connectivity index (χ4n) is 3.39. The van der Waals surface area contributed by atoms with Crippen LogP contribution in [-0.4, -0.2) is 6.04 Å². The Bertz CT molecular complexity index is 391. The van der Waals surface area contributed by atoms with Crippen molar-refractivity contribution in [3.05, 3.63) is 35.4 Å². The van der Waals surface area contributed by atoms with Crippen molar-refractivity contribution in [2.45, 2.75) is 59.5 Å². The molecule has 3 atom stereocenters. The third-order valence-electron chi connectivity index (χ3n) is 4.38. The van der Waals surface area contributed by atoms with E-state index >= 15 is 0 Å². The summed E-state index contributed by atoms with van der Waals surface area (Å²) in [5.41, 5.74) is 3.24. The normalized spacial score (nSPS) is 28.3. The van der Waals surface area contributed by atoms with Crippen LogP contribution in [0.15, 0.2) is 24.3 Å². The maximum atomic E-state index is 3.82. The molecule has 1 saturated carbocycles. The van der Waals surface area contributed by atoms with E-state index in [1.165, 1.54) is 24.0 Å². The summed E-state index contributed by atoms with van der Waals surface area (Å²) in [6.07, 6.45) is 2.63. The molecular formula is C17H27N. The van der Waals surface area contributed by atoms with Crippen LogP contribution in [0.1, 0.15) is 57.7 Å². The summed E-state index contributed by atoms with van der Waals surface area (Å²) in [6.45, 7) is 11.6. The van der Waals surface area contributed by atoms with Gasteiger partial charge in [0.25, 0.3) is 0 Å². The van der Waals surface area contributed by atoms with Crippen LogP contribution in [-0.2, 0) is 0 Å². The van der Waals surface area contributed by atoms with Crippen molar-refractivity contribution in [2.75, 3.05) is 0 Å². The average molecular weight is 245 g/mol. The highest BCUT2D eigenvalue weighted by Gasteiger charge is 2.36. The molecule has 1 aliphatic carbocycles. The van der Waals surface area contributed by atoms with Gasteiger partial charge in [0.05, 0.1) is 0 Å². The molecule has 18 heavy (non-hydrogen) atoms.